The molecule has 5 heteroatoms. The van der Waals surface area contributed by atoms with Gasteiger partial charge in [-0.15, -0.1) is 0 Å². The largest absolute Gasteiger partial charge is 0.497 e. The first-order chi connectivity index (χ1) is 10.2. The molecular weight excluding hydrogens is 268 g/mol. The first-order valence-corrected chi connectivity index (χ1v) is 7.31. The average molecular weight is 296 g/mol. The molecule has 0 fully saturated rings. The molecule has 1 unspecified atom stereocenters. The van der Waals surface area contributed by atoms with Crippen molar-refractivity contribution in [1.29, 1.82) is 0 Å². The third kappa shape index (κ3) is 6.91. The second-order valence-electron chi connectivity index (χ2n) is 5.02. The Morgan fingerprint density at radius 2 is 1.67 bits per heavy atom. The van der Waals surface area contributed by atoms with E-state index in [0.717, 1.165) is 44.0 Å². The van der Waals surface area contributed by atoms with E-state index in [1.807, 2.05) is 24.3 Å². The molecule has 0 aliphatic heterocycles. The van der Waals surface area contributed by atoms with Gasteiger partial charge < -0.3 is 19.9 Å². The van der Waals surface area contributed by atoms with Gasteiger partial charge in [-0.05, 0) is 24.1 Å². The minimum atomic E-state index is -0.0182. The van der Waals surface area contributed by atoms with E-state index in [0.29, 0.717) is 6.61 Å². The molecule has 0 aromatic heterocycles. The predicted octanol–water partition coefficient (Wildman–Crippen LogP) is 1.68. The number of hydrogen-bond donors (Lipinski definition) is 1. The zero-order chi connectivity index (χ0) is 15.5. The van der Waals surface area contributed by atoms with Crippen LogP contribution in [0.25, 0.3) is 0 Å². The van der Waals surface area contributed by atoms with Gasteiger partial charge in [0.15, 0.2) is 0 Å². The zero-order valence-electron chi connectivity index (χ0n) is 13.4. The molecule has 120 valence electrons. The van der Waals surface area contributed by atoms with E-state index in [1.165, 1.54) is 0 Å². The number of nitrogens with two attached hydrogens (primary N) is 1. The van der Waals surface area contributed by atoms with Gasteiger partial charge in [-0.1, -0.05) is 12.1 Å². The smallest absolute Gasteiger partial charge is 0.118 e. The van der Waals surface area contributed by atoms with E-state index >= 15 is 0 Å². The van der Waals surface area contributed by atoms with Gasteiger partial charge in [0.1, 0.15) is 5.75 Å². The number of hydrogen-bond acceptors (Lipinski definition) is 5. The number of nitrogens with zero attached hydrogens (tertiary/aromatic N) is 1. The van der Waals surface area contributed by atoms with Crippen molar-refractivity contribution >= 4 is 0 Å². The van der Waals surface area contributed by atoms with Gasteiger partial charge in [0.05, 0.1) is 13.7 Å². The van der Waals surface area contributed by atoms with E-state index in [2.05, 4.69) is 4.90 Å². The zero-order valence-corrected chi connectivity index (χ0v) is 13.4. The van der Waals surface area contributed by atoms with Gasteiger partial charge in [-0.25, -0.2) is 0 Å². The summed E-state index contributed by atoms with van der Waals surface area (Å²) in [6, 6.07) is 7.91. The molecular formula is C16H28N2O3. The van der Waals surface area contributed by atoms with Crippen LogP contribution in [0.4, 0.5) is 0 Å². The Hall–Kier alpha value is -1.14. The van der Waals surface area contributed by atoms with Crippen molar-refractivity contribution in [2.45, 2.75) is 12.5 Å². The molecule has 0 spiro atoms. The fraction of sp³-hybridized carbons (Fsp3) is 0.625. The second-order valence-corrected chi connectivity index (χ2v) is 5.02. The lowest BCUT2D eigenvalue weighted by Gasteiger charge is -2.25. The lowest BCUT2D eigenvalue weighted by Crippen LogP contribution is -2.35. The first-order valence-electron chi connectivity index (χ1n) is 7.31. The maximum absolute atomic E-state index is 6.31. The Kier molecular flexibility index (Phi) is 9.01. The topological polar surface area (TPSA) is 57.0 Å². The van der Waals surface area contributed by atoms with Gasteiger partial charge in [-0.2, -0.15) is 0 Å². The number of rotatable bonds is 11. The summed E-state index contributed by atoms with van der Waals surface area (Å²) in [4.78, 5) is 2.32. The Balaban J connectivity index is 2.53. The summed E-state index contributed by atoms with van der Waals surface area (Å²) in [6.07, 6.45) is 0.996. The number of benzene rings is 1. The van der Waals surface area contributed by atoms with Crippen LogP contribution in [0.2, 0.25) is 0 Å². The molecule has 0 amide bonds. The van der Waals surface area contributed by atoms with E-state index in [1.54, 1.807) is 21.3 Å². The highest BCUT2D eigenvalue weighted by atomic mass is 16.5. The normalized spacial score (nSPS) is 12.6. The molecule has 1 aromatic carbocycles. The summed E-state index contributed by atoms with van der Waals surface area (Å²) in [5.41, 5.74) is 7.42. The van der Waals surface area contributed by atoms with Crippen LogP contribution in [0.15, 0.2) is 24.3 Å². The summed E-state index contributed by atoms with van der Waals surface area (Å²) >= 11 is 0. The van der Waals surface area contributed by atoms with Crippen LogP contribution in [0.3, 0.4) is 0 Å². The molecule has 21 heavy (non-hydrogen) atoms. The summed E-state index contributed by atoms with van der Waals surface area (Å²) in [5.74, 6) is 0.849. The fourth-order valence-electron chi connectivity index (χ4n) is 2.18. The van der Waals surface area contributed by atoms with Gasteiger partial charge in [0.25, 0.3) is 0 Å². The fourth-order valence-corrected chi connectivity index (χ4v) is 2.18. The van der Waals surface area contributed by atoms with Crippen LogP contribution >= 0.6 is 0 Å². The Morgan fingerprint density at radius 1 is 1.00 bits per heavy atom. The number of methoxy groups -OCH3 is 3. The van der Waals surface area contributed by atoms with Gasteiger partial charge in [-0.3, -0.25) is 4.90 Å². The highest BCUT2D eigenvalue weighted by molar-refractivity contribution is 5.29. The average Bonchev–Trinajstić information content (AvgIpc) is 2.52. The predicted molar refractivity (Wildman–Crippen MR) is 84.7 cm³/mol. The molecule has 0 aliphatic carbocycles. The highest BCUT2D eigenvalue weighted by Gasteiger charge is 2.12. The molecule has 1 atom stereocenters. The molecule has 0 heterocycles. The van der Waals surface area contributed by atoms with Crippen molar-refractivity contribution in [3.8, 4) is 5.75 Å². The van der Waals surface area contributed by atoms with Crippen LogP contribution in [-0.2, 0) is 9.47 Å². The van der Waals surface area contributed by atoms with Crippen LogP contribution in [-0.4, -0.2) is 59.1 Å². The van der Waals surface area contributed by atoms with Crippen molar-refractivity contribution < 1.29 is 14.2 Å². The quantitative estimate of drug-likeness (QED) is 0.630. The molecule has 0 saturated heterocycles. The van der Waals surface area contributed by atoms with Crippen LogP contribution < -0.4 is 10.5 Å². The monoisotopic (exact) mass is 296 g/mol. The van der Waals surface area contributed by atoms with Crippen LogP contribution in [0.1, 0.15) is 18.0 Å². The molecule has 0 radical (unpaired) electrons. The second kappa shape index (κ2) is 10.6. The van der Waals surface area contributed by atoms with Crippen molar-refractivity contribution in [2.24, 2.45) is 5.73 Å². The standard InChI is InChI=1S/C16H28N2O3/c1-19-11-4-9-18(10-12-20-2)13-16(17)14-5-7-15(21-3)8-6-14/h5-8,16H,4,9-13,17H2,1-3H3. The summed E-state index contributed by atoms with van der Waals surface area (Å²) in [6.45, 7) is 4.12. The van der Waals surface area contributed by atoms with E-state index in [9.17, 15) is 0 Å². The Labute approximate surface area is 128 Å². The van der Waals surface area contributed by atoms with Crippen LogP contribution in [0.5, 0.6) is 5.75 Å². The summed E-state index contributed by atoms with van der Waals surface area (Å²) in [7, 11) is 5.11. The van der Waals surface area contributed by atoms with Gasteiger partial charge in [0, 0.05) is 46.5 Å². The van der Waals surface area contributed by atoms with E-state index < -0.39 is 0 Å². The minimum Gasteiger partial charge on any atom is -0.497 e. The minimum absolute atomic E-state index is 0.0182. The highest BCUT2D eigenvalue weighted by Crippen LogP contribution is 2.17. The molecule has 0 saturated carbocycles. The van der Waals surface area contributed by atoms with Crippen molar-refractivity contribution in [3.05, 3.63) is 29.8 Å². The molecule has 0 aliphatic rings. The molecule has 5 nitrogen and oxygen atoms in total. The summed E-state index contributed by atoms with van der Waals surface area (Å²) < 4.78 is 15.4. The van der Waals surface area contributed by atoms with Crippen molar-refractivity contribution in [3.63, 3.8) is 0 Å². The van der Waals surface area contributed by atoms with E-state index in [-0.39, 0.29) is 6.04 Å². The lowest BCUT2D eigenvalue weighted by molar-refractivity contribution is 0.129. The SMILES string of the molecule is COCCCN(CCOC)CC(N)c1ccc(OC)cc1. The number of ether oxygens (including phenoxy) is 3. The molecule has 1 rings (SSSR count). The maximum Gasteiger partial charge on any atom is 0.118 e. The van der Waals surface area contributed by atoms with E-state index in [4.69, 9.17) is 19.9 Å². The third-order valence-corrected chi connectivity index (χ3v) is 3.43. The maximum atomic E-state index is 6.31. The lowest BCUT2D eigenvalue weighted by atomic mass is 10.1. The van der Waals surface area contributed by atoms with Gasteiger partial charge >= 0.3 is 0 Å². The molecule has 2 N–H and O–H groups in total. The first kappa shape index (κ1) is 17.9. The Bertz CT molecular complexity index is 370. The molecule has 0 bridgehead atoms. The summed E-state index contributed by atoms with van der Waals surface area (Å²) in [5, 5.41) is 0. The van der Waals surface area contributed by atoms with Crippen molar-refractivity contribution in [2.75, 3.05) is 54.2 Å². The third-order valence-electron chi connectivity index (χ3n) is 3.43. The van der Waals surface area contributed by atoms with Gasteiger partial charge in [0.2, 0.25) is 0 Å². The van der Waals surface area contributed by atoms with Crippen molar-refractivity contribution in [1.82, 2.24) is 4.90 Å². The van der Waals surface area contributed by atoms with Crippen LogP contribution in [0, 0.1) is 0 Å². The Morgan fingerprint density at radius 3 is 2.24 bits per heavy atom. The molecule has 1 aromatic rings.